The van der Waals surface area contributed by atoms with E-state index in [2.05, 4.69) is 20.8 Å². The third kappa shape index (κ3) is 3.31. The molecule has 1 aromatic carbocycles. The number of benzene rings is 1. The van der Waals surface area contributed by atoms with E-state index in [9.17, 15) is 4.79 Å². The Labute approximate surface area is 127 Å². The zero-order chi connectivity index (χ0) is 14.7. The van der Waals surface area contributed by atoms with Crippen LogP contribution in [0.25, 0.3) is 0 Å². The number of rotatable bonds is 3. The zero-order valence-corrected chi connectivity index (χ0v) is 13.2. The van der Waals surface area contributed by atoms with Crippen molar-refractivity contribution in [1.82, 2.24) is 9.80 Å². The third-order valence-electron chi connectivity index (χ3n) is 3.72. The van der Waals surface area contributed by atoms with Crippen LogP contribution in [0, 0.1) is 6.92 Å². The Morgan fingerprint density at radius 1 is 1.35 bits per heavy atom. The van der Waals surface area contributed by atoms with Crippen molar-refractivity contribution in [3.8, 4) is 0 Å². The molecular weight excluding hydrogens is 322 g/mol. The summed E-state index contributed by atoms with van der Waals surface area (Å²) in [6.07, 6.45) is 0. The molecule has 0 unspecified atom stereocenters. The van der Waals surface area contributed by atoms with Gasteiger partial charge in [0, 0.05) is 48.4 Å². The maximum atomic E-state index is 12.6. The van der Waals surface area contributed by atoms with Gasteiger partial charge in [-0.3, -0.25) is 9.69 Å². The van der Waals surface area contributed by atoms with Crippen LogP contribution in [0.15, 0.2) is 16.6 Å². The predicted octanol–water partition coefficient (Wildman–Crippen LogP) is 1.09. The van der Waals surface area contributed by atoms with Crippen molar-refractivity contribution in [2.75, 3.05) is 45.1 Å². The lowest BCUT2D eigenvalue weighted by Gasteiger charge is -2.34. The Kier molecular flexibility index (Phi) is 5.01. The molecule has 3 N–H and O–H groups in total. The summed E-state index contributed by atoms with van der Waals surface area (Å²) in [6.45, 7) is 5.68. The molecule has 2 rings (SSSR count). The average Bonchev–Trinajstić information content (AvgIpc) is 2.43. The van der Waals surface area contributed by atoms with Gasteiger partial charge in [-0.2, -0.15) is 0 Å². The average molecular weight is 342 g/mol. The lowest BCUT2D eigenvalue weighted by atomic mass is 10.1. The van der Waals surface area contributed by atoms with Crippen LogP contribution in [0.5, 0.6) is 0 Å². The molecule has 20 heavy (non-hydrogen) atoms. The minimum absolute atomic E-state index is 0.0270. The molecule has 1 aliphatic heterocycles. The molecule has 1 aromatic rings. The van der Waals surface area contributed by atoms with E-state index in [0.717, 1.165) is 23.1 Å². The van der Waals surface area contributed by atoms with Crippen molar-refractivity contribution in [1.29, 1.82) is 0 Å². The number of aliphatic hydroxyl groups is 1. The maximum Gasteiger partial charge on any atom is 0.254 e. The van der Waals surface area contributed by atoms with Crippen molar-refractivity contribution in [2.45, 2.75) is 6.92 Å². The Balaban J connectivity index is 2.09. The van der Waals surface area contributed by atoms with Gasteiger partial charge in [0.25, 0.3) is 5.91 Å². The first-order valence-corrected chi connectivity index (χ1v) is 7.50. The Morgan fingerprint density at radius 2 is 2.00 bits per heavy atom. The van der Waals surface area contributed by atoms with Crippen LogP contribution in [-0.2, 0) is 0 Å². The minimum Gasteiger partial charge on any atom is -0.398 e. The first-order chi connectivity index (χ1) is 9.52. The molecular formula is C14H20BrN3O2. The van der Waals surface area contributed by atoms with Crippen LogP contribution in [0.4, 0.5) is 5.69 Å². The molecule has 6 heteroatoms. The highest BCUT2D eigenvalue weighted by molar-refractivity contribution is 9.10. The first kappa shape index (κ1) is 15.3. The number of piperazine rings is 1. The molecule has 1 saturated heterocycles. The summed E-state index contributed by atoms with van der Waals surface area (Å²) < 4.78 is 0.822. The van der Waals surface area contributed by atoms with Crippen LogP contribution in [0.3, 0.4) is 0 Å². The van der Waals surface area contributed by atoms with Crippen LogP contribution >= 0.6 is 15.9 Å². The molecule has 0 saturated carbocycles. The van der Waals surface area contributed by atoms with E-state index in [0.29, 0.717) is 30.9 Å². The highest BCUT2D eigenvalue weighted by atomic mass is 79.9. The number of hydrogen-bond donors (Lipinski definition) is 2. The number of nitrogens with two attached hydrogens (primary N) is 1. The number of carbonyl (C=O) groups is 1. The molecule has 0 radical (unpaired) electrons. The fourth-order valence-electron chi connectivity index (χ4n) is 2.41. The number of carbonyl (C=O) groups excluding carboxylic acids is 1. The molecule has 1 fully saturated rings. The smallest absolute Gasteiger partial charge is 0.254 e. The second kappa shape index (κ2) is 6.56. The lowest BCUT2D eigenvalue weighted by Crippen LogP contribution is -2.49. The number of amides is 1. The first-order valence-electron chi connectivity index (χ1n) is 6.71. The van der Waals surface area contributed by atoms with Crippen molar-refractivity contribution in [3.05, 3.63) is 27.7 Å². The lowest BCUT2D eigenvalue weighted by molar-refractivity contribution is 0.0614. The van der Waals surface area contributed by atoms with E-state index in [1.807, 2.05) is 24.0 Å². The number of nitrogen functional groups attached to an aromatic ring is 1. The van der Waals surface area contributed by atoms with Crippen molar-refractivity contribution >= 4 is 27.5 Å². The summed E-state index contributed by atoms with van der Waals surface area (Å²) >= 11 is 3.38. The molecule has 1 heterocycles. The van der Waals surface area contributed by atoms with Gasteiger partial charge in [0.05, 0.1) is 6.61 Å². The van der Waals surface area contributed by atoms with E-state index in [1.165, 1.54) is 0 Å². The monoisotopic (exact) mass is 341 g/mol. The fraction of sp³-hybridized carbons (Fsp3) is 0.500. The highest BCUT2D eigenvalue weighted by Crippen LogP contribution is 2.24. The molecule has 0 spiro atoms. The largest absolute Gasteiger partial charge is 0.398 e. The van der Waals surface area contributed by atoms with Gasteiger partial charge in [-0.05, 0) is 24.6 Å². The van der Waals surface area contributed by atoms with Crippen LogP contribution < -0.4 is 5.73 Å². The number of anilines is 1. The summed E-state index contributed by atoms with van der Waals surface area (Å²) in [5.41, 5.74) is 8.03. The van der Waals surface area contributed by atoms with Crippen LogP contribution in [-0.4, -0.2) is 60.1 Å². The van der Waals surface area contributed by atoms with Gasteiger partial charge in [0.15, 0.2) is 0 Å². The molecule has 0 aliphatic carbocycles. The van der Waals surface area contributed by atoms with Crippen molar-refractivity contribution in [3.63, 3.8) is 0 Å². The molecule has 1 amide bonds. The number of hydrogen-bond acceptors (Lipinski definition) is 4. The van der Waals surface area contributed by atoms with Gasteiger partial charge in [-0.25, -0.2) is 0 Å². The number of nitrogens with zero attached hydrogens (tertiary/aromatic N) is 2. The standard InChI is InChI=1S/C14H20BrN3O2/c1-10-12(8-11(15)9-13(10)16)14(20)18-4-2-17(3-5-18)6-7-19/h8-9,19H,2-7,16H2,1H3. The van der Waals surface area contributed by atoms with E-state index in [1.54, 1.807) is 0 Å². The summed E-state index contributed by atoms with van der Waals surface area (Å²) in [6, 6.07) is 3.64. The molecule has 5 nitrogen and oxygen atoms in total. The van der Waals surface area contributed by atoms with Gasteiger partial charge in [0.1, 0.15) is 0 Å². The second-order valence-corrected chi connectivity index (χ2v) is 5.94. The van der Waals surface area contributed by atoms with Gasteiger partial charge in [-0.15, -0.1) is 0 Å². The second-order valence-electron chi connectivity index (χ2n) is 5.03. The van der Waals surface area contributed by atoms with E-state index >= 15 is 0 Å². The number of halogens is 1. The normalized spacial score (nSPS) is 16.4. The van der Waals surface area contributed by atoms with Crippen LogP contribution in [0.1, 0.15) is 15.9 Å². The van der Waals surface area contributed by atoms with Gasteiger partial charge in [-0.1, -0.05) is 15.9 Å². The summed E-state index contributed by atoms with van der Waals surface area (Å²) in [5, 5.41) is 8.93. The molecule has 0 aromatic heterocycles. The summed E-state index contributed by atoms with van der Waals surface area (Å²) in [7, 11) is 0. The topological polar surface area (TPSA) is 69.8 Å². The van der Waals surface area contributed by atoms with Gasteiger partial charge in [0.2, 0.25) is 0 Å². The molecule has 0 atom stereocenters. The molecule has 0 bridgehead atoms. The zero-order valence-electron chi connectivity index (χ0n) is 11.6. The minimum atomic E-state index is 0.0270. The number of β-amino-alcohol motifs (C(OH)–C–C–N with tert-alkyl or cyclic N) is 1. The maximum absolute atomic E-state index is 12.6. The Morgan fingerprint density at radius 3 is 2.60 bits per heavy atom. The fourth-order valence-corrected chi connectivity index (χ4v) is 2.88. The predicted molar refractivity (Wildman–Crippen MR) is 82.7 cm³/mol. The summed E-state index contributed by atoms with van der Waals surface area (Å²) in [5.74, 6) is 0.0270. The highest BCUT2D eigenvalue weighted by Gasteiger charge is 2.23. The van der Waals surface area contributed by atoms with E-state index < -0.39 is 0 Å². The third-order valence-corrected chi connectivity index (χ3v) is 4.18. The quantitative estimate of drug-likeness (QED) is 0.807. The van der Waals surface area contributed by atoms with Crippen LogP contribution in [0.2, 0.25) is 0 Å². The Bertz CT molecular complexity index is 499. The van der Waals surface area contributed by atoms with Crippen molar-refractivity contribution in [2.24, 2.45) is 0 Å². The Hall–Kier alpha value is -1.11. The molecule has 1 aliphatic rings. The van der Waals surface area contributed by atoms with Crippen molar-refractivity contribution < 1.29 is 9.90 Å². The molecule has 110 valence electrons. The summed E-state index contributed by atoms with van der Waals surface area (Å²) in [4.78, 5) is 16.6. The SMILES string of the molecule is Cc1c(N)cc(Br)cc1C(=O)N1CCN(CCO)CC1. The number of aliphatic hydroxyl groups excluding tert-OH is 1. The van der Waals surface area contributed by atoms with E-state index in [4.69, 9.17) is 10.8 Å². The van der Waals surface area contributed by atoms with E-state index in [-0.39, 0.29) is 12.5 Å². The van der Waals surface area contributed by atoms with Gasteiger partial charge < -0.3 is 15.7 Å². The van der Waals surface area contributed by atoms with Gasteiger partial charge >= 0.3 is 0 Å².